The van der Waals surface area contributed by atoms with Crippen LogP contribution in [-0.2, 0) is 0 Å². The van der Waals surface area contributed by atoms with Crippen LogP contribution in [0.2, 0.25) is 0 Å². The van der Waals surface area contributed by atoms with E-state index in [1.165, 1.54) is 5.56 Å². The van der Waals surface area contributed by atoms with E-state index in [1.54, 1.807) is 11.9 Å². The lowest BCUT2D eigenvalue weighted by molar-refractivity contribution is 0.0779. The first-order valence-corrected chi connectivity index (χ1v) is 5.89. The summed E-state index contributed by atoms with van der Waals surface area (Å²) in [5, 5.41) is 0. The maximum atomic E-state index is 12.2. The molecule has 0 saturated carbocycles. The molecule has 0 radical (unpaired) electrons. The highest BCUT2D eigenvalue weighted by Crippen LogP contribution is 2.12. The van der Waals surface area contributed by atoms with E-state index in [1.807, 2.05) is 39.0 Å². The molecule has 0 fully saturated rings. The molecule has 1 amide bonds. The zero-order valence-electron chi connectivity index (χ0n) is 10.7. The van der Waals surface area contributed by atoms with Crippen LogP contribution in [0.4, 0.5) is 0 Å². The Kier molecular flexibility index (Phi) is 4.23. The van der Waals surface area contributed by atoms with Gasteiger partial charge in [0, 0.05) is 12.6 Å². The summed E-state index contributed by atoms with van der Waals surface area (Å²) >= 11 is 4.89. The SMILES string of the molecule is Cc1ccc(C(=O)N(C)C(C)C(N)=S)cc1C. The van der Waals surface area contributed by atoms with Crippen molar-refractivity contribution in [3.05, 3.63) is 34.9 Å². The van der Waals surface area contributed by atoms with E-state index in [0.29, 0.717) is 10.6 Å². The summed E-state index contributed by atoms with van der Waals surface area (Å²) in [4.78, 5) is 14.1. The summed E-state index contributed by atoms with van der Waals surface area (Å²) in [7, 11) is 1.71. The second-order valence-electron chi connectivity index (χ2n) is 4.29. The van der Waals surface area contributed by atoms with Gasteiger partial charge in [-0.25, -0.2) is 0 Å². The number of hydrogen-bond donors (Lipinski definition) is 1. The average Bonchev–Trinajstić information content (AvgIpc) is 2.29. The Morgan fingerprint density at radius 2 is 1.94 bits per heavy atom. The zero-order chi connectivity index (χ0) is 13.2. The molecule has 0 aromatic heterocycles. The van der Waals surface area contributed by atoms with E-state index in [4.69, 9.17) is 18.0 Å². The maximum Gasteiger partial charge on any atom is 0.254 e. The Balaban J connectivity index is 2.96. The third-order valence-corrected chi connectivity index (χ3v) is 3.41. The summed E-state index contributed by atoms with van der Waals surface area (Å²) in [5.41, 5.74) is 8.49. The van der Waals surface area contributed by atoms with Gasteiger partial charge in [0.15, 0.2) is 0 Å². The van der Waals surface area contributed by atoms with Crippen molar-refractivity contribution in [2.45, 2.75) is 26.8 Å². The molecule has 0 aliphatic rings. The molecule has 0 spiro atoms. The lowest BCUT2D eigenvalue weighted by atomic mass is 10.1. The number of nitrogens with two attached hydrogens (primary N) is 1. The van der Waals surface area contributed by atoms with Gasteiger partial charge in [-0.1, -0.05) is 18.3 Å². The first-order chi connectivity index (χ1) is 7.84. The van der Waals surface area contributed by atoms with Gasteiger partial charge in [0.1, 0.15) is 0 Å². The minimum Gasteiger partial charge on any atom is -0.392 e. The number of amides is 1. The number of rotatable bonds is 3. The molecule has 2 N–H and O–H groups in total. The molecular weight excluding hydrogens is 232 g/mol. The van der Waals surface area contributed by atoms with E-state index in [-0.39, 0.29) is 11.9 Å². The predicted molar refractivity (Wildman–Crippen MR) is 74.3 cm³/mol. The summed E-state index contributed by atoms with van der Waals surface area (Å²) in [6, 6.07) is 5.43. The highest BCUT2D eigenvalue weighted by molar-refractivity contribution is 7.80. The largest absolute Gasteiger partial charge is 0.392 e. The van der Waals surface area contributed by atoms with Gasteiger partial charge in [-0.2, -0.15) is 0 Å². The molecular formula is C13H18N2OS. The van der Waals surface area contributed by atoms with Gasteiger partial charge in [0.25, 0.3) is 5.91 Å². The molecule has 1 aromatic carbocycles. The molecule has 0 saturated heterocycles. The summed E-state index contributed by atoms with van der Waals surface area (Å²) in [5.74, 6) is -0.0617. The van der Waals surface area contributed by atoms with Crippen LogP contribution in [0.25, 0.3) is 0 Å². The van der Waals surface area contributed by atoms with E-state index < -0.39 is 0 Å². The fraction of sp³-hybridized carbons (Fsp3) is 0.385. The monoisotopic (exact) mass is 250 g/mol. The van der Waals surface area contributed by atoms with Crippen LogP contribution in [-0.4, -0.2) is 28.9 Å². The highest BCUT2D eigenvalue weighted by atomic mass is 32.1. The number of thiocarbonyl (C=S) groups is 1. The summed E-state index contributed by atoms with van der Waals surface area (Å²) < 4.78 is 0. The average molecular weight is 250 g/mol. The lowest BCUT2D eigenvalue weighted by Gasteiger charge is -2.24. The Labute approximate surface area is 108 Å². The van der Waals surface area contributed by atoms with Crippen LogP contribution in [0, 0.1) is 13.8 Å². The van der Waals surface area contributed by atoms with Crippen molar-refractivity contribution in [2.24, 2.45) is 5.73 Å². The molecule has 92 valence electrons. The van der Waals surface area contributed by atoms with Gasteiger partial charge >= 0.3 is 0 Å². The topological polar surface area (TPSA) is 46.3 Å². The number of carbonyl (C=O) groups is 1. The molecule has 17 heavy (non-hydrogen) atoms. The standard InChI is InChI=1S/C13H18N2OS/c1-8-5-6-11(7-9(8)2)13(16)15(4)10(3)12(14)17/h5-7,10H,1-4H3,(H2,14,17). The van der Waals surface area contributed by atoms with Crippen molar-refractivity contribution in [1.82, 2.24) is 4.90 Å². The Bertz CT molecular complexity index is 457. The van der Waals surface area contributed by atoms with Crippen molar-refractivity contribution in [3.63, 3.8) is 0 Å². The highest BCUT2D eigenvalue weighted by Gasteiger charge is 2.19. The minimum absolute atomic E-state index is 0.0617. The molecule has 3 nitrogen and oxygen atoms in total. The molecule has 0 aliphatic carbocycles. The molecule has 1 rings (SSSR count). The van der Waals surface area contributed by atoms with Crippen LogP contribution in [0.3, 0.4) is 0 Å². The fourth-order valence-electron chi connectivity index (χ4n) is 1.44. The van der Waals surface area contributed by atoms with Crippen molar-refractivity contribution in [2.75, 3.05) is 7.05 Å². The smallest absolute Gasteiger partial charge is 0.254 e. The van der Waals surface area contributed by atoms with Gasteiger partial charge in [0.05, 0.1) is 11.0 Å². The molecule has 1 aromatic rings. The quantitative estimate of drug-likeness (QED) is 0.835. The van der Waals surface area contributed by atoms with E-state index >= 15 is 0 Å². The van der Waals surface area contributed by atoms with Crippen LogP contribution in [0.1, 0.15) is 28.4 Å². The van der Waals surface area contributed by atoms with Crippen molar-refractivity contribution in [1.29, 1.82) is 0 Å². The minimum atomic E-state index is -0.237. The van der Waals surface area contributed by atoms with Crippen LogP contribution >= 0.6 is 12.2 Å². The summed E-state index contributed by atoms with van der Waals surface area (Å²) in [6.45, 7) is 5.83. The number of nitrogens with zero attached hydrogens (tertiary/aromatic N) is 1. The normalized spacial score (nSPS) is 12.0. The first-order valence-electron chi connectivity index (χ1n) is 5.48. The Morgan fingerprint density at radius 1 is 1.35 bits per heavy atom. The van der Waals surface area contributed by atoms with Gasteiger partial charge in [0.2, 0.25) is 0 Å². The molecule has 1 unspecified atom stereocenters. The predicted octanol–water partition coefficient (Wildman–Crippen LogP) is 2.05. The third-order valence-electron chi connectivity index (χ3n) is 3.07. The van der Waals surface area contributed by atoms with Gasteiger partial charge in [-0.05, 0) is 44.0 Å². The van der Waals surface area contributed by atoms with Crippen LogP contribution < -0.4 is 5.73 Å². The zero-order valence-corrected chi connectivity index (χ0v) is 11.5. The second kappa shape index (κ2) is 5.27. The first kappa shape index (κ1) is 13.6. The molecule has 0 bridgehead atoms. The molecule has 0 aliphatic heterocycles. The lowest BCUT2D eigenvalue weighted by Crippen LogP contribution is -2.42. The number of hydrogen-bond acceptors (Lipinski definition) is 2. The van der Waals surface area contributed by atoms with Gasteiger partial charge in [-0.3, -0.25) is 4.79 Å². The third kappa shape index (κ3) is 3.03. The summed E-state index contributed by atoms with van der Waals surface area (Å²) in [6.07, 6.45) is 0. The van der Waals surface area contributed by atoms with Gasteiger partial charge < -0.3 is 10.6 Å². The number of carbonyl (C=O) groups excluding carboxylic acids is 1. The molecule has 0 heterocycles. The second-order valence-corrected chi connectivity index (χ2v) is 4.76. The van der Waals surface area contributed by atoms with E-state index in [2.05, 4.69) is 0 Å². The molecule has 1 atom stereocenters. The fourth-order valence-corrected chi connectivity index (χ4v) is 1.60. The molecule has 4 heteroatoms. The number of aryl methyl sites for hydroxylation is 2. The van der Waals surface area contributed by atoms with Gasteiger partial charge in [-0.15, -0.1) is 0 Å². The number of likely N-dealkylation sites (N-methyl/N-ethyl adjacent to an activating group) is 1. The maximum absolute atomic E-state index is 12.2. The Hall–Kier alpha value is -1.42. The van der Waals surface area contributed by atoms with E-state index in [0.717, 1.165) is 5.56 Å². The van der Waals surface area contributed by atoms with Crippen molar-refractivity contribution in [3.8, 4) is 0 Å². The van der Waals surface area contributed by atoms with Crippen LogP contribution in [0.5, 0.6) is 0 Å². The van der Waals surface area contributed by atoms with Crippen LogP contribution in [0.15, 0.2) is 18.2 Å². The van der Waals surface area contributed by atoms with Crippen molar-refractivity contribution >= 4 is 23.1 Å². The Morgan fingerprint density at radius 3 is 2.41 bits per heavy atom. The van der Waals surface area contributed by atoms with Crippen molar-refractivity contribution < 1.29 is 4.79 Å². The number of benzene rings is 1. The van der Waals surface area contributed by atoms with E-state index in [9.17, 15) is 4.79 Å².